The molecule has 1 rings (SSSR count). The van der Waals surface area contributed by atoms with Crippen molar-refractivity contribution in [3.8, 4) is 0 Å². The lowest BCUT2D eigenvalue weighted by Crippen LogP contribution is -2.33. The third-order valence-corrected chi connectivity index (χ3v) is 3.44. The third-order valence-electron chi connectivity index (χ3n) is 3.44. The lowest BCUT2D eigenvalue weighted by molar-refractivity contribution is -0.200. The normalized spacial score (nSPS) is 16.4. The summed E-state index contributed by atoms with van der Waals surface area (Å²) in [5, 5.41) is 0.548. The van der Waals surface area contributed by atoms with Crippen molar-refractivity contribution in [2.24, 2.45) is 5.92 Å². The molecule has 0 radical (unpaired) electrons. The highest BCUT2D eigenvalue weighted by atomic mass is 16.7. The minimum Gasteiger partial charge on any atom is -0.369 e. The zero-order chi connectivity index (χ0) is 15.7. The number of imide groups is 1. The van der Waals surface area contributed by atoms with Crippen LogP contribution in [0.3, 0.4) is 0 Å². The molecule has 0 N–H and O–H groups in total. The number of nitrogens with zero attached hydrogens (tertiary/aromatic N) is 1. The van der Waals surface area contributed by atoms with Crippen molar-refractivity contribution >= 4 is 17.8 Å². The summed E-state index contributed by atoms with van der Waals surface area (Å²) < 4.78 is 5.36. The first kappa shape index (κ1) is 17.6. The van der Waals surface area contributed by atoms with Crippen LogP contribution in [0, 0.1) is 5.92 Å². The number of carbonyl (C=O) groups is 3. The van der Waals surface area contributed by atoms with E-state index in [-0.39, 0.29) is 19.4 Å². The second kappa shape index (κ2) is 9.50. The predicted molar refractivity (Wildman–Crippen MR) is 75.9 cm³/mol. The Morgan fingerprint density at radius 1 is 1.14 bits per heavy atom. The van der Waals surface area contributed by atoms with Gasteiger partial charge >= 0.3 is 5.97 Å². The molecular weight excluding hydrogens is 274 g/mol. The molecule has 0 aromatic carbocycles. The average Bonchev–Trinajstić information content (AvgIpc) is 2.76. The number of carbonyl (C=O) groups excluding carboxylic acids is 3. The summed E-state index contributed by atoms with van der Waals surface area (Å²) in [4.78, 5) is 38.9. The standard InChI is InChI=1S/C15H25NO5/c1-3-5-7-12(6-4-2)10-20-11-15(19)21-16-13(17)8-9-14(16)18/h12H,3-11H2,1-2H3. The summed E-state index contributed by atoms with van der Waals surface area (Å²) in [6, 6.07) is 0. The van der Waals surface area contributed by atoms with Crippen LogP contribution in [0.5, 0.6) is 0 Å². The highest BCUT2D eigenvalue weighted by Gasteiger charge is 2.32. The molecule has 0 bridgehead atoms. The molecule has 1 fully saturated rings. The number of hydroxylamine groups is 2. The zero-order valence-corrected chi connectivity index (χ0v) is 12.9. The van der Waals surface area contributed by atoms with Crippen molar-refractivity contribution in [1.82, 2.24) is 5.06 Å². The molecule has 1 aliphatic heterocycles. The van der Waals surface area contributed by atoms with Gasteiger partial charge in [-0.15, -0.1) is 5.06 Å². The van der Waals surface area contributed by atoms with Crippen LogP contribution in [0.4, 0.5) is 0 Å². The van der Waals surface area contributed by atoms with Crippen molar-refractivity contribution in [2.45, 2.75) is 58.8 Å². The molecule has 1 saturated heterocycles. The molecule has 6 heteroatoms. The van der Waals surface area contributed by atoms with Gasteiger partial charge in [0.2, 0.25) is 0 Å². The summed E-state index contributed by atoms with van der Waals surface area (Å²) in [7, 11) is 0. The highest BCUT2D eigenvalue weighted by molar-refractivity contribution is 6.01. The van der Waals surface area contributed by atoms with Crippen molar-refractivity contribution < 1.29 is 24.0 Å². The number of hydrogen-bond acceptors (Lipinski definition) is 5. The topological polar surface area (TPSA) is 72.9 Å². The van der Waals surface area contributed by atoms with Crippen LogP contribution < -0.4 is 0 Å². The Balaban J connectivity index is 2.25. The van der Waals surface area contributed by atoms with E-state index >= 15 is 0 Å². The van der Waals surface area contributed by atoms with E-state index in [1.54, 1.807) is 0 Å². The fourth-order valence-electron chi connectivity index (χ4n) is 2.31. The molecule has 120 valence electrons. The summed E-state index contributed by atoms with van der Waals surface area (Å²) in [5.74, 6) is -1.21. The summed E-state index contributed by atoms with van der Waals surface area (Å²) in [5.41, 5.74) is 0. The third kappa shape index (κ3) is 6.25. The Hall–Kier alpha value is -1.43. The van der Waals surface area contributed by atoms with Gasteiger partial charge in [-0.05, 0) is 18.8 Å². The van der Waals surface area contributed by atoms with E-state index in [0.717, 1.165) is 32.1 Å². The molecule has 1 unspecified atom stereocenters. The molecular formula is C15H25NO5. The molecule has 1 aliphatic rings. The van der Waals surface area contributed by atoms with E-state index in [9.17, 15) is 14.4 Å². The van der Waals surface area contributed by atoms with E-state index < -0.39 is 17.8 Å². The molecule has 6 nitrogen and oxygen atoms in total. The van der Waals surface area contributed by atoms with Gasteiger partial charge in [-0.25, -0.2) is 4.79 Å². The number of ether oxygens (including phenoxy) is 1. The minimum atomic E-state index is -0.704. The SMILES string of the molecule is CCCCC(CCC)COCC(=O)ON1C(=O)CCC1=O. The van der Waals surface area contributed by atoms with Crippen LogP contribution in [-0.2, 0) is 24.0 Å². The molecule has 1 atom stereocenters. The van der Waals surface area contributed by atoms with Crippen molar-refractivity contribution in [1.29, 1.82) is 0 Å². The van der Waals surface area contributed by atoms with Gasteiger partial charge in [0.25, 0.3) is 11.8 Å². The first-order chi connectivity index (χ1) is 10.1. The minimum absolute atomic E-state index is 0.0998. The Kier molecular flexibility index (Phi) is 7.97. The lowest BCUT2D eigenvalue weighted by atomic mass is 9.98. The lowest BCUT2D eigenvalue weighted by Gasteiger charge is -2.16. The monoisotopic (exact) mass is 299 g/mol. The Bertz CT molecular complexity index is 353. The largest absolute Gasteiger partial charge is 0.369 e. The van der Waals surface area contributed by atoms with Gasteiger partial charge in [-0.2, -0.15) is 0 Å². The van der Waals surface area contributed by atoms with Crippen LogP contribution in [0.15, 0.2) is 0 Å². The molecule has 21 heavy (non-hydrogen) atoms. The first-order valence-electron chi connectivity index (χ1n) is 7.72. The average molecular weight is 299 g/mol. The van der Waals surface area contributed by atoms with E-state index in [1.165, 1.54) is 0 Å². The highest BCUT2D eigenvalue weighted by Crippen LogP contribution is 2.15. The van der Waals surface area contributed by atoms with Crippen LogP contribution in [-0.4, -0.2) is 36.1 Å². The van der Waals surface area contributed by atoms with Gasteiger partial charge in [0, 0.05) is 12.8 Å². The zero-order valence-electron chi connectivity index (χ0n) is 12.9. The Labute approximate surface area is 125 Å². The second-order valence-corrected chi connectivity index (χ2v) is 5.36. The van der Waals surface area contributed by atoms with Gasteiger partial charge in [0.15, 0.2) is 0 Å². The smallest absolute Gasteiger partial charge is 0.358 e. The summed E-state index contributed by atoms with van der Waals surface area (Å²) >= 11 is 0. The number of unbranched alkanes of at least 4 members (excludes halogenated alkanes) is 1. The quantitative estimate of drug-likeness (QED) is 0.578. The number of amides is 2. The fourth-order valence-corrected chi connectivity index (χ4v) is 2.31. The molecule has 0 aromatic heterocycles. The number of rotatable bonds is 10. The first-order valence-corrected chi connectivity index (χ1v) is 7.72. The maximum absolute atomic E-state index is 11.6. The molecule has 2 amide bonds. The summed E-state index contributed by atoms with van der Waals surface area (Å²) in [6.07, 6.45) is 5.72. The van der Waals surface area contributed by atoms with Crippen LogP contribution in [0.2, 0.25) is 0 Å². The molecule has 1 heterocycles. The predicted octanol–water partition coefficient (Wildman–Crippen LogP) is 2.22. The molecule has 0 spiro atoms. The van der Waals surface area contributed by atoms with Crippen LogP contribution in [0.1, 0.15) is 58.8 Å². The maximum atomic E-state index is 11.6. The number of hydrogen-bond donors (Lipinski definition) is 0. The fraction of sp³-hybridized carbons (Fsp3) is 0.800. The van der Waals surface area contributed by atoms with Crippen molar-refractivity contribution in [2.75, 3.05) is 13.2 Å². The van der Waals surface area contributed by atoms with Crippen LogP contribution in [0.25, 0.3) is 0 Å². The molecule has 0 saturated carbocycles. The van der Waals surface area contributed by atoms with Gasteiger partial charge in [0.1, 0.15) is 6.61 Å². The summed E-state index contributed by atoms with van der Waals surface area (Å²) in [6.45, 7) is 4.54. The van der Waals surface area contributed by atoms with Crippen LogP contribution >= 0.6 is 0 Å². The van der Waals surface area contributed by atoms with Crippen molar-refractivity contribution in [3.63, 3.8) is 0 Å². The second-order valence-electron chi connectivity index (χ2n) is 5.36. The Morgan fingerprint density at radius 3 is 2.38 bits per heavy atom. The van der Waals surface area contributed by atoms with Gasteiger partial charge < -0.3 is 9.57 Å². The van der Waals surface area contributed by atoms with Gasteiger partial charge in [-0.1, -0.05) is 33.1 Å². The van der Waals surface area contributed by atoms with Crippen molar-refractivity contribution in [3.05, 3.63) is 0 Å². The van der Waals surface area contributed by atoms with E-state index in [2.05, 4.69) is 13.8 Å². The van der Waals surface area contributed by atoms with Gasteiger partial charge in [0.05, 0.1) is 6.61 Å². The van der Waals surface area contributed by atoms with Gasteiger partial charge in [-0.3, -0.25) is 9.59 Å². The molecule has 0 aliphatic carbocycles. The van der Waals surface area contributed by atoms with E-state index in [1.807, 2.05) is 0 Å². The van der Waals surface area contributed by atoms with E-state index in [0.29, 0.717) is 17.6 Å². The molecule has 0 aromatic rings. The van der Waals surface area contributed by atoms with E-state index in [4.69, 9.17) is 9.57 Å². The Morgan fingerprint density at radius 2 is 1.81 bits per heavy atom. The maximum Gasteiger partial charge on any atom is 0.358 e.